The molecule has 0 aromatic heterocycles. The first kappa shape index (κ1) is 13.0. The van der Waals surface area contributed by atoms with Crippen molar-refractivity contribution in [3.63, 3.8) is 0 Å². The lowest BCUT2D eigenvalue weighted by Gasteiger charge is -2.17. The molecular formula is C12H26O. The standard InChI is InChI=1S/C12H26O/c1-5-6-7-12(13)9-8-11(4)10(2)3/h10-13H,5-9H2,1-4H3. The molecule has 0 amide bonds. The first-order chi connectivity index (χ1) is 6.07. The fourth-order valence-electron chi connectivity index (χ4n) is 1.37. The van der Waals surface area contributed by atoms with Crippen LogP contribution < -0.4 is 0 Å². The average Bonchev–Trinajstić information content (AvgIpc) is 2.10. The predicted molar refractivity (Wildman–Crippen MR) is 58.8 cm³/mol. The first-order valence-corrected chi connectivity index (χ1v) is 5.76. The quantitative estimate of drug-likeness (QED) is 0.644. The monoisotopic (exact) mass is 186 g/mol. The second-order valence-electron chi connectivity index (χ2n) is 4.59. The van der Waals surface area contributed by atoms with Gasteiger partial charge in [0.2, 0.25) is 0 Å². The van der Waals surface area contributed by atoms with E-state index in [1.165, 1.54) is 12.8 Å². The highest BCUT2D eigenvalue weighted by Crippen LogP contribution is 2.18. The molecule has 2 unspecified atom stereocenters. The molecule has 0 spiro atoms. The number of aliphatic hydroxyl groups excluding tert-OH is 1. The molecule has 1 nitrogen and oxygen atoms in total. The van der Waals surface area contributed by atoms with Crippen LogP contribution in [0.1, 0.15) is 59.8 Å². The largest absolute Gasteiger partial charge is 0.393 e. The van der Waals surface area contributed by atoms with E-state index < -0.39 is 0 Å². The molecule has 0 saturated carbocycles. The Morgan fingerprint density at radius 1 is 1.00 bits per heavy atom. The van der Waals surface area contributed by atoms with Crippen LogP contribution in [-0.2, 0) is 0 Å². The first-order valence-electron chi connectivity index (χ1n) is 5.76. The summed E-state index contributed by atoms with van der Waals surface area (Å²) < 4.78 is 0. The minimum atomic E-state index is -0.0545. The van der Waals surface area contributed by atoms with E-state index in [1.54, 1.807) is 0 Å². The third-order valence-electron chi connectivity index (χ3n) is 2.98. The predicted octanol–water partition coefficient (Wildman–Crippen LogP) is 3.61. The molecule has 0 radical (unpaired) electrons. The van der Waals surface area contributed by atoms with Crippen LogP contribution in [0.25, 0.3) is 0 Å². The summed E-state index contributed by atoms with van der Waals surface area (Å²) in [7, 11) is 0. The maximum absolute atomic E-state index is 9.61. The smallest absolute Gasteiger partial charge is 0.0540 e. The van der Waals surface area contributed by atoms with Crippen LogP contribution in [0.4, 0.5) is 0 Å². The minimum Gasteiger partial charge on any atom is -0.393 e. The van der Waals surface area contributed by atoms with Crippen LogP contribution >= 0.6 is 0 Å². The molecule has 0 aliphatic rings. The van der Waals surface area contributed by atoms with Crippen molar-refractivity contribution >= 4 is 0 Å². The van der Waals surface area contributed by atoms with E-state index in [-0.39, 0.29) is 6.10 Å². The van der Waals surface area contributed by atoms with Gasteiger partial charge in [0.05, 0.1) is 6.10 Å². The number of aliphatic hydroxyl groups is 1. The molecule has 1 N–H and O–H groups in total. The summed E-state index contributed by atoms with van der Waals surface area (Å²) in [5.74, 6) is 1.50. The van der Waals surface area contributed by atoms with Gasteiger partial charge in [-0.05, 0) is 31.1 Å². The van der Waals surface area contributed by atoms with Gasteiger partial charge in [-0.1, -0.05) is 40.5 Å². The van der Waals surface area contributed by atoms with Crippen molar-refractivity contribution in [1.82, 2.24) is 0 Å². The van der Waals surface area contributed by atoms with E-state index in [1.807, 2.05) is 0 Å². The van der Waals surface area contributed by atoms with Gasteiger partial charge in [-0.3, -0.25) is 0 Å². The lowest BCUT2D eigenvalue weighted by atomic mass is 9.91. The third-order valence-corrected chi connectivity index (χ3v) is 2.98. The fourth-order valence-corrected chi connectivity index (χ4v) is 1.37. The molecule has 2 atom stereocenters. The van der Waals surface area contributed by atoms with E-state index in [9.17, 15) is 5.11 Å². The second-order valence-corrected chi connectivity index (χ2v) is 4.59. The van der Waals surface area contributed by atoms with Crippen molar-refractivity contribution < 1.29 is 5.11 Å². The SMILES string of the molecule is CCCCC(O)CCC(C)C(C)C. The van der Waals surface area contributed by atoms with Crippen LogP contribution in [-0.4, -0.2) is 11.2 Å². The summed E-state index contributed by atoms with van der Waals surface area (Å²) in [4.78, 5) is 0. The van der Waals surface area contributed by atoms with Gasteiger partial charge in [0.25, 0.3) is 0 Å². The Hall–Kier alpha value is -0.0400. The fraction of sp³-hybridized carbons (Fsp3) is 1.00. The maximum atomic E-state index is 9.61. The van der Waals surface area contributed by atoms with Crippen molar-refractivity contribution in [2.24, 2.45) is 11.8 Å². The molecule has 80 valence electrons. The molecule has 0 aliphatic heterocycles. The highest BCUT2D eigenvalue weighted by atomic mass is 16.3. The topological polar surface area (TPSA) is 20.2 Å². The highest BCUT2D eigenvalue weighted by Gasteiger charge is 2.10. The van der Waals surface area contributed by atoms with Crippen LogP contribution in [0.2, 0.25) is 0 Å². The molecule has 0 fully saturated rings. The Balaban J connectivity index is 3.40. The van der Waals surface area contributed by atoms with Crippen LogP contribution in [0.15, 0.2) is 0 Å². The van der Waals surface area contributed by atoms with Crippen LogP contribution in [0.3, 0.4) is 0 Å². The van der Waals surface area contributed by atoms with Gasteiger partial charge < -0.3 is 5.11 Å². The van der Waals surface area contributed by atoms with Gasteiger partial charge in [-0.2, -0.15) is 0 Å². The Morgan fingerprint density at radius 3 is 2.08 bits per heavy atom. The molecule has 0 aromatic carbocycles. The second kappa shape index (κ2) is 7.37. The van der Waals surface area contributed by atoms with Crippen LogP contribution in [0.5, 0.6) is 0 Å². The molecule has 0 heterocycles. The Labute approximate surface area is 83.5 Å². The summed E-state index contributed by atoms with van der Waals surface area (Å²) in [5.41, 5.74) is 0. The molecule has 13 heavy (non-hydrogen) atoms. The average molecular weight is 186 g/mol. The Morgan fingerprint density at radius 2 is 1.62 bits per heavy atom. The van der Waals surface area contributed by atoms with Crippen molar-refractivity contribution in [2.75, 3.05) is 0 Å². The number of hydrogen-bond donors (Lipinski definition) is 1. The Bertz CT molecular complexity index is 110. The zero-order valence-corrected chi connectivity index (χ0v) is 9.71. The molecule has 0 aliphatic carbocycles. The number of unbranched alkanes of at least 4 members (excludes halogenated alkanes) is 1. The van der Waals surface area contributed by atoms with Crippen LogP contribution in [0, 0.1) is 11.8 Å². The molecule has 0 aromatic rings. The zero-order valence-electron chi connectivity index (χ0n) is 9.71. The molecule has 0 bridgehead atoms. The lowest BCUT2D eigenvalue weighted by molar-refractivity contribution is 0.139. The summed E-state index contributed by atoms with van der Waals surface area (Å²) in [6, 6.07) is 0. The summed E-state index contributed by atoms with van der Waals surface area (Å²) in [6.07, 6.45) is 5.44. The summed E-state index contributed by atoms with van der Waals surface area (Å²) >= 11 is 0. The summed E-state index contributed by atoms with van der Waals surface area (Å²) in [6.45, 7) is 8.95. The normalized spacial score (nSPS) is 16.2. The van der Waals surface area contributed by atoms with E-state index in [0.29, 0.717) is 0 Å². The summed E-state index contributed by atoms with van der Waals surface area (Å²) in [5, 5.41) is 9.61. The molecule has 0 rings (SSSR count). The molecule has 0 saturated heterocycles. The third kappa shape index (κ3) is 7.06. The van der Waals surface area contributed by atoms with E-state index in [2.05, 4.69) is 27.7 Å². The van der Waals surface area contributed by atoms with Crippen molar-refractivity contribution in [1.29, 1.82) is 0 Å². The van der Waals surface area contributed by atoms with Crippen molar-refractivity contribution in [2.45, 2.75) is 65.9 Å². The van der Waals surface area contributed by atoms with E-state index >= 15 is 0 Å². The van der Waals surface area contributed by atoms with Gasteiger partial charge in [-0.25, -0.2) is 0 Å². The van der Waals surface area contributed by atoms with Crippen molar-refractivity contribution in [3.8, 4) is 0 Å². The van der Waals surface area contributed by atoms with Gasteiger partial charge in [0.15, 0.2) is 0 Å². The van der Waals surface area contributed by atoms with Gasteiger partial charge in [0, 0.05) is 0 Å². The molecule has 1 heteroatoms. The van der Waals surface area contributed by atoms with Gasteiger partial charge in [-0.15, -0.1) is 0 Å². The molecular weight excluding hydrogens is 160 g/mol. The minimum absolute atomic E-state index is 0.0545. The van der Waals surface area contributed by atoms with E-state index in [4.69, 9.17) is 0 Å². The van der Waals surface area contributed by atoms with E-state index in [0.717, 1.165) is 31.1 Å². The maximum Gasteiger partial charge on any atom is 0.0540 e. The zero-order chi connectivity index (χ0) is 10.3. The number of rotatable bonds is 7. The lowest BCUT2D eigenvalue weighted by Crippen LogP contribution is -2.11. The van der Waals surface area contributed by atoms with Crippen molar-refractivity contribution in [3.05, 3.63) is 0 Å². The van der Waals surface area contributed by atoms with Gasteiger partial charge in [0.1, 0.15) is 0 Å². The van der Waals surface area contributed by atoms with Gasteiger partial charge >= 0.3 is 0 Å². The Kier molecular flexibility index (Phi) is 7.35. The highest BCUT2D eigenvalue weighted by molar-refractivity contribution is 4.62. The number of hydrogen-bond acceptors (Lipinski definition) is 1.